The molecule has 0 saturated carbocycles. The summed E-state index contributed by atoms with van der Waals surface area (Å²) in [6.45, 7) is 4.01. The van der Waals surface area contributed by atoms with E-state index in [-0.39, 0.29) is 153 Å². The number of urea groups is 1. The van der Waals surface area contributed by atoms with E-state index < -0.39 is 122 Å². The van der Waals surface area contributed by atoms with Crippen LogP contribution in [0, 0.1) is 5.92 Å². The highest BCUT2D eigenvalue weighted by molar-refractivity contribution is 5.91. The van der Waals surface area contributed by atoms with Crippen molar-refractivity contribution in [3.8, 4) is 5.75 Å². The lowest BCUT2D eigenvalue weighted by atomic mass is 9.88. The van der Waals surface area contributed by atoms with Crippen molar-refractivity contribution in [2.24, 2.45) is 5.92 Å². The largest absolute Gasteiger partial charge is 0.484 e. The van der Waals surface area contributed by atoms with Gasteiger partial charge in [-0.3, -0.25) is 72.3 Å². The molecule has 2 unspecified atom stereocenters. The van der Waals surface area contributed by atoms with Crippen molar-refractivity contribution in [1.29, 1.82) is 0 Å². The summed E-state index contributed by atoms with van der Waals surface area (Å²) in [7, 11) is 0. The van der Waals surface area contributed by atoms with E-state index in [4.69, 9.17) is 9.47 Å². The molecule has 3 rings (SSSR count). The minimum absolute atomic E-state index is 0.00213. The fraction of sp³-hybridized carbons (Fsp3) is 0.603. The van der Waals surface area contributed by atoms with Crippen molar-refractivity contribution in [1.82, 2.24) is 46.2 Å². The van der Waals surface area contributed by atoms with Crippen LogP contribution >= 0.6 is 0 Å². The van der Waals surface area contributed by atoms with Crippen molar-refractivity contribution in [2.45, 2.75) is 154 Å². The minimum atomic E-state index is -1.31. The molecule has 0 aromatic heterocycles. The maximum Gasteiger partial charge on any atom is 0.326 e. The summed E-state index contributed by atoms with van der Waals surface area (Å²) in [5.74, 6) is -9.03. The van der Waals surface area contributed by atoms with Crippen LogP contribution < -0.4 is 31.3 Å². The summed E-state index contributed by atoms with van der Waals surface area (Å²) >= 11 is 0. The van der Waals surface area contributed by atoms with Gasteiger partial charge in [-0.1, -0.05) is 69.7 Å². The molecule has 29 nitrogen and oxygen atoms in total. The van der Waals surface area contributed by atoms with Gasteiger partial charge in [0.05, 0.1) is 19.6 Å². The number of carbonyl (C=O) groups excluding carboxylic acids is 8. The molecule has 29 heteroatoms. The number of hydrogen-bond acceptors (Lipinski definition) is 19. The van der Waals surface area contributed by atoms with E-state index in [9.17, 15) is 87.9 Å². The number of hydrogen-bond donors (Lipinski definition) is 10. The predicted octanol–water partition coefficient (Wildman–Crippen LogP) is 1.96. The molecule has 1 heterocycles. The highest BCUT2D eigenvalue weighted by atomic mass is 16.5. The molecular formula is C63H93N9O20. The van der Waals surface area contributed by atoms with Gasteiger partial charge in [0.2, 0.25) is 11.8 Å². The zero-order chi connectivity index (χ0) is 68.0. The molecule has 92 heavy (non-hydrogen) atoms. The van der Waals surface area contributed by atoms with Gasteiger partial charge >= 0.3 is 35.9 Å². The smallest absolute Gasteiger partial charge is 0.326 e. The molecule has 1 aliphatic heterocycles. The third kappa shape index (κ3) is 31.6. The number of ketones is 3. The van der Waals surface area contributed by atoms with E-state index in [1.807, 2.05) is 13.8 Å². The van der Waals surface area contributed by atoms with Crippen molar-refractivity contribution < 1.29 is 97.3 Å². The first-order valence-corrected chi connectivity index (χ1v) is 31.3. The van der Waals surface area contributed by atoms with E-state index >= 15 is 0 Å². The van der Waals surface area contributed by atoms with Gasteiger partial charge in [-0.25, -0.2) is 9.59 Å². The number of carbonyl (C=O) groups is 13. The fourth-order valence-corrected chi connectivity index (χ4v) is 10.5. The maximum atomic E-state index is 13.5. The highest BCUT2D eigenvalue weighted by Gasteiger charge is 2.32. The SMILES string of the molecule is CCCC(=O)CCC(C(=O)O)N1CCN(CC(=O)O)CCN(C(CCC(=O)NCC(=O)C[C@@H](Cc2ccc(OCC(=O)N[C@@H](Cc3ccccc3)C(=O)NCCCC[C@H](NC(=O)N[C@@H](CCC)C(=O)O)OC=O)cc2)C(=O)CCC)C(=O)O)CCN(CC(=O)O)CC1. The Bertz CT molecular complexity index is 2690. The van der Waals surface area contributed by atoms with Crippen molar-refractivity contribution in [2.75, 3.05) is 85.1 Å². The monoisotopic (exact) mass is 1300 g/mol. The zero-order valence-corrected chi connectivity index (χ0v) is 52.9. The molecule has 2 aromatic rings. The number of amides is 5. The third-order valence-electron chi connectivity index (χ3n) is 15.4. The van der Waals surface area contributed by atoms with E-state index in [1.54, 1.807) is 66.4 Å². The lowest BCUT2D eigenvalue weighted by Crippen LogP contribution is -2.53. The number of aliphatic carboxylic acids is 5. The number of carboxylic acid groups (broad SMARTS) is 5. The number of rotatable bonds is 44. The molecule has 0 radical (unpaired) electrons. The standard InChI is InChI=1S/C63H93N9O20/c1-4-12-46(74)20-23-51(61(86)87)71-31-27-69(39-57(79)80)29-33-72(34-30-70(28-32-71)40-58(81)82)52(62(88)89)24-25-54(77)65-38-47(75)37-45(53(76)14-6-3)35-44-18-21-48(22-19-44)91-41-55(78)66-50(36-43-15-8-7-9-16-43)59(83)64-26-11-10-17-56(92-42-73)68-63(90)67-49(13-5-2)60(84)85/h7-9,15-16,18-19,21-22,42,45,49-52,56H,4-6,10-14,17,20,23-41H2,1-3H3,(H,64,83)(H,65,77)(H,66,78)(H,79,80)(H,81,82)(H,84,85)(H,86,87)(H,88,89)(H2,67,68,90)/t45-,49+,50+,51?,52?,56-/m1/s1. The first-order chi connectivity index (χ1) is 43.9. The number of Topliss-reactive ketones (excluding diaryl/α,β-unsaturated/α-hetero) is 3. The van der Waals surface area contributed by atoms with Crippen LogP contribution in [0.1, 0.15) is 122 Å². The Kier molecular flexibility index (Phi) is 36.7. The van der Waals surface area contributed by atoms with Gasteiger partial charge in [-0.15, -0.1) is 0 Å². The van der Waals surface area contributed by atoms with Crippen LogP contribution in [-0.2, 0) is 75.1 Å². The number of ether oxygens (including phenoxy) is 2. The van der Waals surface area contributed by atoms with Gasteiger partial charge in [0.1, 0.15) is 41.5 Å². The predicted molar refractivity (Wildman–Crippen MR) is 332 cm³/mol. The van der Waals surface area contributed by atoms with Crippen LogP contribution in [0.2, 0.25) is 0 Å². The fourth-order valence-electron chi connectivity index (χ4n) is 10.5. The molecule has 1 aliphatic rings. The molecule has 2 aromatic carbocycles. The second kappa shape index (κ2) is 43.4. The second-order valence-corrected chi connectivity index (χ2v) is 22.7. The van der Waals surface area contributed by atoms with Gasteiger partial charge in [0.15, 0.2) is 18.6 Å². The Hall–Kier alpha value is -8.41. The van der Waals surface area contributed by atoms with Crippen molar-refractivity contribution >= 4 is 77.4 Å². The normalized spacial score (nSPS) is 15.6. The molecule has 1 saturated heterocycles. The topological polar surface area (TPSA) is 415 Å². The van der Waals surface area contributed by atoms with Crippen LogP contribution in [0.5, 0.6) is 5.75 Å². The molecule has 0 bridgehead atoms. The highest BCUT2D eigenvalue weighted by Crippen LogP contribution is 2.21. The summed E-state index contributed by atoms with van der Waals surface area (Å²) < 4.78 is 10.7. The van der Waals surface area contributed by atoms with Gasteiger partial charge in [-0.2, -0.15) is 0 Å². The lowest BCUT2D eigenvalue weighted by Gasteiger charge is -2.37. The van der Waals surface area contributed by atoms with Crippen LogP contribution in [0.3, 0.4) is 0 Å². The Morgan fingerprint density at radius 3 is 1.63 bits per heavy atom. The van der Waals surface area contributed by atoms with Crippen molar-refractivity contribution in [3.05, 3.63) is 65.7 Å². The van der Waals surface area contributed by atoms with E-state index in [0.29, 0.717) is 37.7 Å². The minimum Gasteiger partial charge on any atom is -0.484 e. The summed E-state index contributed by atoms with van der Waals surface area (Å²) in [4.78, 5) is 170. The summed E-state index contributed by atoms with van der Waals surface area (Å²) in [5, 5.41) is 62.4. The Morgan fingerprint density at radius 1 is 0.543 bits per heavy atom. The van der Waals surface area contributed by atoms with Gasteiger partial charge in [0.25, 0.3) is 12.4 Å². The Balaban J connectivity index is 1.60. The van der Waals surface area contributed by atoms with E-state index in [1.165, 1.54) is 14.7 Å². The van der Waals surface area contributed by atoms with Gasteiger partial charge in [-0.05, 0) is 74.6 Å². The molecule has 0 aliphatic carbocycles. The van der Waals surface area contributed by atoms with Crippen LogP contribution in [-0.4, -0.2) is 238 Å². The number of carboxylic acids is 5. The first-order valence-electron chi connectivity index (χ1n) is 31.3. The van der Waals surface area contributed by atoms with E-state index in [0.717, 1.165) is 5.56 Å². The van der Waals surface area contributed by atoms with Gasteiger partial charge < -0.3 is 61.6 Å². The number of unbranched alkanes of at least 4 members (excludes halogenated alkanes) is 1. The lowest BCUT2D eigenvalue weighted by molar-refractivity contribution is -0.146. The molecule has 510 valence electrons. The van der Waals surface area contributed by atoms with E-state index in [2.05, 4.69) is 26.6 Å². The molecule has 1 fully saturated rings. The second-order valence-electron chi connectivity index (χ2n) is 22.7. The molecule has 0 spiro atoms. The number of nitrogens with one attached hydrogen (secondary N) is 5. The van der Waals surface area contributed by atoms with Gasteiger partial charge in [0, 0.05) is 110 Å². The maximum absolute atomic E-state index is 13.5. The molecule has 6 atom stereocenters. The summed E-state index contributed by atoms with van der Waals surface area (Å²) in [5.41, 5.74) is 1.43. The summed E-state index contributed by atoms with van der Waals surface area (Å²) in [6, 6.07) is 10.1. The Labute approximate surface area is 535 Å². The summed E-state index contributed by atoms with van der Waals surface area (Å²) in [6.07, 6.45) is 1.61. The van der Waals surface area contributed by atoms with Crippen molar-refractivity contribution in [3.63, 3.8) is 0 Å². The average molecular weight is 1300 g/mol. The average Bonchev–Trinajstić information content (AvgIpc) is 1.23. The number of benzene rings is 2. The van der Waals surface area contributed by atoms with Crippen LogP contribution in [0.25, 0.3) is 0 Å². The first kappa shape index (κ1) is 77.8. The quantitative estimate of drug-likeness (QED) is 0.0257. The Morgan fingerprint density at radius 2 is 1.11 bits per heavy atom. The number of nitrogens with zero attached hydrogens (tertiary/aromatic N) is 4. The molecule has 5 amide bonds. The van der Waals surface area contributed by atoms with Crippen LogP contribution in [0.15, 0.2) is 54.6 Å². The van der Waals surface area contributed by atoms with Crippen LogP contribution in [0.4, 0.5) is 4.79 Å². The third-order valence-corrected chi connectivity index (χ3v) is 15.4. The molecular weight excluding hydrogens is 1200 g/mol. The molecule has 10 N–H and O–H groups in total. The zero-order valence-electron chi connectivity index (χ0n) is 52.9.